The number of nitrogens with zero attached hydrogens (tertiary/aromatic N) is 1. The van der Waals surface area contributed by atoms with Gasteiger partial charge >= 0.3 is 12.1 Å². The molecule has 1 fully saturated rings. The minimum atomic E-state index is -0.897. The van der Waals surface area contributed by atoms with Crippen molar-refractivity contribution in [1.82, 2.24) is 4.90 Å². The molecule has 3 N–H and O–H groups in total. The summed E-state index contributed by atoms with van der Waals surface area (Å²) in [7, 11) is 0. The molecule has 1 aliphatic heterocycles. The molecule has 0 aliphatic carbocycles. The van der Waals surface area contributed by atoms with E-state index < -0.39 is 6.09 Å². The highest BCUT2D eigenvalue weighted by Crippen LogP contribution is 2.05. The van der Waals surface area contributed by atoms with Crippen LogP contribution in [0.3, 0.4) is 0 Å². The maximum atomic E-state index is 10.4. The minimum Gasteiger partial charge on any atom is -0.465 e. The molecule has 1 unspecified atom stereocenters. The largest absolute Gasteiger partial charge is 0.465 e. The number of hydrogen-bond acceptors (Lipinski definition) is 5. The lowest BCUT2D eigenvalue weighted by Gasteiger charge is -2.30. The van der Waals surface area contributed by atoms with E-state index in [0.29, 0.717) is 26.2 Å². The van der Waals surface area contributed by atoms with Crippen molar-refractivity contribution in [1.29, 1.82) is 0 Å². The summed E-state index contributed by atoms with van der Waals surface area (Å²) in [5.74, 6) is -0.225. The summed E-state index contributed by atoms with van der Waals surface area (Å²) in [6, 6.07) is 0. The Hall–Kier alpha value is -1.34. The third kappa shape index (κ3) is 9.26. The second-order valence-electron chi connectivity index (χ2n) is 5.16. The van der Waals surface area contributed by atoms with Gasteiger partial charge in [0.2, 0.25) is 0 Å². The number of carbonyl (C=O) groups excluding carboxylic acids is 1. The van der Waals surface area contributed by atoms with Crippen molar-refractivity contribution >= 4 is 12.1 Å². The molecule has 1 heterocycles. The maximum Gasteiger partial charge on any atom is 0.407 e. The molecule has 112 valence electrons. The van der Waals surface area contributed by atoms with Gasteiger partial charge in [-0.25, -0.2) is 4.79 Å². The van der Waals surface area contributed by atoms with Crippen LogP contribution < -0.4 is 5.73 Å². The first-order chi connectivity index (χ1) is 8.65. The van der Waals surface area contributed by atoms with Gasteiger partial charge < -0.3 is 25.2 Å². The highest BCUT2D eigenvalue weighted by atomic mass is 16.6. The average Bonchev–Trinajstić information content (AvgIpc) is 2.26. The molecular weight excluding hydrogens is 252 g/mol. The second kappa shape index (κ2) is 7.96. The number of esters is 1. The summed E-state index contributed by atoms with van der Waals surface area (Å²) in [5, 5.41) is 8.58. The molecule has 1 saturated heterocycles. The maximum absolute atomic E-state index is 10.4. The van der Waals surface area contributed by atoms with Gasteiger partial charge in [0.1, 0.15) is 5.60 Å². The van der Waals surface area contributed by atoms with E-state index in [2.05, 4.69) is 0 Å². The lowest BCUT2D eigenvalue weighted by atomic mass is 10.2. The first-order valence-corrected chi connectivity index (χ1v) is 6.15. The molecule has 0 aromatic carbocycles. The van der Waals surface area contributed by atoms with Crippen molar-refractivity contribution in [3.63, 3.8) is 0 Å². The van der Waals surface area contributed by atoms with Crippen molar-refractivity contribution in [3.05, 3.63) is 0 Å². The van der Waals surface area contributed by atoms with Crippen molar-refractivity contribution < 1.29 is 24.2 Å². The van der Waals surface area contributed by atoms with Crippen LogP contribution in [0.1, 0.15) is 27.7 Å². The third-order valence-corrected chi connectivity index (χ3v) is 2.12. The van der Waals surface area contributed by atoms with E-state index in [0.717, 1.165) is 0 Å². The molecule has 1 atom stereocenters. The summed E-state index contributed by atoms with van der Waals surface area (Å²) >= 11 is 0. The lowest BCUT2D eigenvalue weighted by molar-refractivity contribution is -0.151. The number of nitrogens with two attached hydrogens (primary N) is 1. The van der Waals surface area contributed by atoms with E-state index in [1.807, 2.05) is 20.8 Å². The first-order valence-electron chi connectivity index (χ1n) is 6.15. The van der Waals surface area contributed by atoms with E-state index in [9.17, 15) is 9.59 Å². The standard InChI is InChI=1S/C6H12N2O3.C6H12O2/c7-3-5-4-8(6(9)10)1-2-11-5;1-5(7)8-6(2,3)4/h5H,1-4,7H2,(H,9,10);1-4H3. The zero-order valence-corrected chi connectivity index (χ0v) is 12.0. The van der Waals surface area contributed by atoms with Crippen LogP contribution in [0, 0.1) is 0 Å². The zero-order valence-electron chi connectivity index (χ0n) is 12.0. The summed E-state index contributed by atoms with van der Waals surface area (Å²) < 4.78 is 9.98. The minimum absolute atomic E-state index is 0.125. The summed E-state index contributed by atoms with van der Waals surface area (Å²) in [5.41, 5.74) is 4.99. The average molecular weight is 276 g/mol. The highest BCUT2D eigenvalue weighted by molar-refractivity contribution is 5.66. The number of rotatable bonds is 1. The molecule has 7 heteroatoms. The van der Waals surface area contributed by atoms with Crippen LogP contribution in [0.15, 0.2) is 0 Å². The van der Waals surface area contributed by atoms with Gasteiger partial charge in [0.25, 0.3) is 0 Å². The van der Waals surface area contributed by atoms with Gasteiger partial charge in [-0.1, -0.05) is 0 Å². The van der Waals surface area contributed by atoms with Crippen LogP contribution in [0.4, 0.5) is 4.79 Å². The molecule has 1 aliphatic rings. The van der Waals surface area contributed by atoms with Crippen LogP contribution in [-0.4, -0.2) is 60.0 Å². The van der Waals surface area contributed by atoms with Gasteiger partial charge in [-0.3, -0.25) is 4.79 Å². The molecule has 0 spiro atoms. The molecule has 1 rings (SSSR count). The number of ether oxygens (including phenoxy) is 2. The van der Waals surface area contributed by atoms with Crippen LogP contribution in [0.2, 0.25) is 0 Å². The van der Waals surface area contributed by atoms with Crippen molar-refractivity contribution in [3.8, 4) is 0 Å². The molecule has 0 aromatic heterocycles. The van der Waals surface area contributed by atoms with E-state index in [-0.39, 0.29) is 17.7 Å². The number of carboxylic acid groups (broad SMARTS) is 1. The molecule has 0 radical (unpaired) electrons. The Morgan fingerprint density at radius 1 is 1.47 bits per heavy atom. The second-order valence-corrected chi connectivity index (χ2v) is 5.16. The van der Waals surface area contributed by atoms with E-state index in [1.165, 1.54) is 11.8 Å². The monoisotopic (exact) mass is 276 g/mol. The quantitative estimate of drug-likeness (QED) is 0.682. The molecule has 0 bridgehead atoms. The Kier molecular flexibility index (Phi) is 7.40. The van der Waals surface area contributed by atoms with Gasteiger partial charge in [0.05, 0.1) is 19.3 Å². The van der Waals surface area contributed by atoms with Crippen molar-refractivity contribution in [2.75, 3.05) is 26.2 Å². The first kappa shape index (κ1) is 17.7. The van der Waals surface area contributed by atoms with Crippen LogP contribution in [0.25, 0.3) is 0 Å². The SMILES string of the molecule is CC(=O)OC(C)(C)C.NCC1CN(C(=O)O)CCO1. The molecule has 0 aromatic rings. The molecule has 0 saturated carbocycles. The number of hydrogen-bond donors (Lipinski definition) is 2. The van der Waals surface area contributed by atoms with Crippen LogP contribution in [-0.2, 0) is 14.3 Å². The molecule has 19 heavy (non-hydrogen) atoms. The van der Waals surface area contributed by atoms with Crippen LogP contribution >= 0.6 is 0 Å². The van der Waals surface area contributed by atoms with E-state index in [4.69, 9.17) is 20.3 Å². The van der Waals surface area contributed by atoms with Gasteiger partial charge in [-0.15, -0.1) is 0 Å². The fourth-order valence-electron chi connectivity index (χ4n) is 1.47. The van der Waals surface area contributed by atoms with Crippen molar-refractivity contribution in [2.24, 2.45) is 5.73 Å². The third-order valence-electron chi connectivity index (χ3n) is 2.12. The fraction of sp³-hybridized carbons (Fsp3) is 0.833. The summed E-state index contributed by atoms with van der Waals surface area (Å²) in [4.78, 5) is 22.0. The Morgan fingerprint density at radius 3 is 2.37 bits per heavy atom. The van der Waals surface area contributed by atoms with Crippen LogP contribution in [0.5, 0.6) is 0 Å². The predicted octanol–water partition coefficient (Wildman–Crippen LogP) is 0.672. The fourth-order valence-corrected chi connectivity index (χ4v) is 1.47. The Labute approximate surface area is 113 Å². The highest BCUT2D eigenvalue weighted by Gasteiger charge is 2.22. The van der Waals surface area contributed by atoms with Gasteiger partial charge in [0.15, 0.2) is 0 Å². The Balaban J connectivity index is 0.000000362. The molecule has 7 nitrogen and oxygen atoms in total. The van der Waals surface area contributed by atoms with Gasteiger partial charge in [0, 0.05) is 20.0 Å². The zero-order chi connectivity index (χ0) is 15.1. The number of morpholine rings is 1. The normalized spacial score (nSPS) is 19.2. The van der Waals surface area contributed by atoms with Crippen molar-refractivity contribution in [2.45, 2.75) is 39.4 Å². The topological polar surface area (TPSA) is 102 Å². The van der Waals surface area contributed by atoms with E-state index in [1.54, 1.807) is 0 Å². The van der Waals surface area contributed by atoms with Gasteiger partial charge in [-0.05, 0) is 20.8 Å². The predicted molar refractivity (Wildman–Crippen MR) is 69.9 cm³/mol. The Morgan fingerprint density at radius 2 is 2.05 bits per heavy atom. The molecule has 1 amide bonds. The number of amides is 1. The number of carbonyl (C=O) groups is 2. The Bertz CT molecular complexity index is 301. The lowest BCUT2D eigenvalue weighted by Crippen LogP contribution is -2.47. The van der Waals surface area contributed by atoms with E-state index >= 15 is 0 Å². The molecular formula is C12H24N2O5. The van der Waals surface area contributed by atoms with Gasteiger partial charge in [-0.2, -0.15) is 0 Å². The summed E-state index contributed by atoms with van der Waals surface area (Å²) in [6.07, 6.45) is -1.02. The summed E-state index contributed by atoms with van der Waals surface area (Å²) in [6.45, 7) is 8.61. The smallest absolute Gasteiger partial charge is 0.407 e.